The molecule has 1 amide bonds. The van der Waals surface area contributed by atoms with Gasteiger partial charge >= 0.3 is 0 Å². The highest BCUT2D eigenvalue weighted by atomic mass is 79.9. The van der Waals surface area contributed by atoms with Gasteiger partial charge in [0.25, 0.3) is 5.91 Å². The highest BCUT2D eigenvalue weighted by Crippen LogP contribution is 2.30. The quantitative estimate of drug-likeness (QED) is 0.810. The van der Waals surface area contributed by atoms with Crippen molar-refractivity contribution in [3.05, 3.63) is 38.4 Å². The van der Waals surface area contributed by atoms with E-state index in [2.05, 4.69) is 40.1 Å². The van der Waals surface area contributed by atoms with Crippen molar-refractivity contribution in [1.82, 2.24) is 4.98 Å². The van der Waals surface area contributed by atoms with E-state index in [9.17, 15) is 4.79 Å². The number of thiophene rings is 1. The summed E-state index contributed by atoms with van der Waals surface area (Å²) in [7, 11) is 0. The second-order valence-electron chi connectivity index (χ2n) is 4.22. The Balaban J connectivity index is 2.26. The highest BCUT2D eigenvalue weighted by Gasteiger charge is 2.15. The van der Waals surface area contributed by atoms with Crippen LogP contribution in [0.25, 0.3) is 5.57 Å². The third-order valence-corrected chi connectivity index (χ3v) is 4.58. The van der Waals surface area contributed by atoms with Gasteiger partial charge in [-0.05, 0) is 34.0 Å². The van der Waals surface area contributed by atoms with E-state index in [4.69, 9.17) is 0 Å². The summed E-state index contributed by atoms with van der Waals surface area (Å²) >= 11 is 6.39. The summed E-state index contributed by atoms with van der Waals surface area (Å²) < 4.78 is 1.01. The molecular weight excluding hydrogens is 344 g/mol. The van der Waals surface area contributed by atoms with Gasteiger partial charge in [0.1, 0.15) is 0 Å². The van der Waals surface area contributed by atoms with Gasteiger partial charge in [-0.15, -0.1) is 22.7 Å². The fraction of sp³-hybridized carbons (Fsp3) is 0.231. The number of allylic oxidation sites excluding steroid dienone is 1. The van der Waals surface area contributed by atoms with Gasteiger partial charge in [-0.25, -0.2) is 4.98 Å². The molecule has 0 aromatic carbocycles. The van der Waals surface area contributed by atoms with E-state index in [0.29, 0.717) is 16.6 Å². The molecule has 0 fully saturated rings. The molecule has 2 heterocycles. The summed E-state index contributed by atoms with van der Waals surface area (Å²) in [5, 5.41) is 5.28. The van der Waals surface area contributed by atoms with Crippen molar-refractivity contribution in [2.45, 2.75) is 13.8 Å². The lowest BCUT2D eigenvalue weighted by molar-refractivity contribution is -0.111. The van der Waals surface area contributed by atoms with Crippen LogP contribution in [0.2, 0.25) is 0 Å². The van der Waals surface area contributed by atoms with E-state index < -0.39 is 0 Å². The summed E-state index contributed by atoms with van der Waals surface area (Å²) in [5.41, 5.74) is 0.695. The Hall–Kier alpha value is -0.980. The summed E-state index contributed by atoms with van der Waals surface area (Å²) in [6, 6.07) is 3.90. The molecule has 6 heteroatoms. The van der Waals surface area contributed by atoms with Crippen LogP contribution in [0.3, 0.4) is 0 Å². The smallest absolute Gasteiger partial charge is 0.258 e. The van der Waals surface area contributed by atoms with Crippen molar-refractivity contribution < 1.29 is 4.79 Å². The van der Waals surface area contributed by atoms with Crippen molar-refractivity contribution >= 4 is 55.2 Å². The fourth-order valence-electron chi connectivity index (χ4n) is 1.51. The molecule has 0 aliphatic carbocycles. The minimum absolute atomic E-state index is 0.113. The Morgan fingerprint density at radius 3 is 2.79 bits per heavy atom. The predicted octanol–water partition coefficient (Wildman–Crippen LogP) is 4.65. The summed E-state index contributed by atoms with van der Waals surface area (Å²) in [4.78, 5) is 17.4. The number of carbonyl (C=O) groups excluding carboxylic acids is 1. The predicted molar refractivity (Wildman–Crippen MR) is 85.6 cm³/mol. The molecule has 0 saturated heterocycles. The summed E-state index contributed by atoms with van der Waals surface area (Å²) in [6.45, 7) is 4.11. The molecule has 2 rings (SSSR count). The molecule has 0 aliphatic heterocycles. The summed E-state index contributed by atoms with van der Waals surface area (Å²) in [6.07, 6.45) is 3.65. The molecule has 0 bridgehead atoms. The Labute approximate surface area is 128 Å². The van der Waals surface area contributed by atoms with Gasteiger partial charge in [-0.1, -0.05) is 19.9 Å². The van der Waals surface area contributed by atoms with E-state index in [1.165, 1.54) is 11.3 Å². The zero-order valence-electron chi connectivity index (χ0n) is 10.5. The first-order valence-electron chi connectivity index (χ1n) is 5.74. The average molecular weight is 357 g/mol. The zero-order valence-corrected chi connectivity index (χ0v) is 13.7. The Morgan fingerprint density at radius 2 is 2.26 bits per heavy atom. The number of hydrogen-bond acceptors (Lipinski definition) is 4. The van der Waals surface area contributed by atoms with Gasteiger partial charge in [0.05, 0.1) is 9.36 Å². The minimum Gasteiger partial charge on any atom is -0.298 e. The van der Waals surface area contributed by atoms with Crippen molar-refractivity contribution in [2.75, 3.05) is 5.32 Å². The Kier molecular flexibility index (Phi) is 4.90. The lowest BCUT2D eigenvalue weighted by atomic mass is 10.1. The maximum absolute atomic E-state index is 12.3. The van der Waals surface area contributed by atoms with Gasteiger partial charge in [-0.3, -0.25) is 10.1 Å². The first kappa shape index (κ1) is 14.4. The van der Waals surface area contributed by atoms with Crippen LogP contribution >= 0.6 is 38.6 Å². The standard InChI is InChI=1S/C13H13BrN2OS2/c1-8(2)7-9(10-3-4-11(14)19-10)12(17)16-13-15-5-6-18-13/h3-8H,1-2H3,(H,15,16,17)/b9-7+. The van der Waals surface area contributed by atoms with E-state index in [-0.39, 0.29) is 5.91 Å². The van der Waals surface area contributed by atoms with E-state index in [0.717, 1.165) is 8.66 Å². The number of amides is 1. The molecule has 100 valence electrons. The maximum atomic E-state index is 12.3. The van der Waals surface area contributed by atoms with Crippen LogP contribution in [0.15, 0.2) is 33.6 Å². The number of anilines is 1. The molecule has 1 N–H and O–H groups in total. The van der Waals surface area contributed by atoms with E-state index >= 15 is 0 Å². The molecule has 19 heavy (non-hydrogen) atoms. The molecule has 2 aromatic rings. The maximum Gasteiger partial charge on any atom is 0.258 e. The first-order valence-corrected chi connectivity index (χ1v) is 8.23. The van der Waals surface area contributed by atoms with Crippen LogP contribution in [0, 0.1) is 5.92 Å². The topological polar surface area (TPSA) is 42.0 Å². The monoisotopic (exact) mass is 356 g/mol. The van der Waals surface area contributed by atoms with E-state index in [1.807, 2.05) is 23.6 Å². The van der Waals surface area contributed by atoms with Gasteiger partial charge in [0.2, 0.25) is 0 Å². The highest BCUT2D eigenvalue weighted by molar-refractivity contribution is 9.11. The van der Waals surface area contributed by atoms with Crippen LogP contribution in [0.5, 0.6) is 0 Å². The first-order chi connectivity index (χ1) is 9.06. The van der Waals surface area contributed by atoms with Crippen molar-refractivity contribution in [2.24, 2.45) is 5.92 Å². The van der Waals surface area contributed by atoms with Crippen LogP contribution in [-0.4, -0.2) is 10.9 Å². The number of thiazole rings is 1. The largest absolute Gasteiger partial charge is 0.298 e. The summed E-state index contributed by atoms with van der Waals surface area (Å²) in [5.74, 6) is 0.191. The number of nitrogens with one attached hydrogen (secondary N) is 1. The second kappa shape index (κ2) is 6.45. The second-order valence-corrected chi connectivity index (χ2v) is 7.58. The SMILES string of the molecule is CC(C)/C=C(/C(=O)Nc1nccs1)c1ccc(Br)s1. The number of hydrogen-bond donors (Lipinski definition) is 1. The third kappa shape index (κ3) is 3.99. The zero-order chi connectivity index (χ0) is 13.8. The normalized spacial score (nSPS) is 11.9. The molecule has 0 radical (unpaired) electrons. The molecule has 0 unspecified atom stereocenters. The number of halogens is 1. The van der Waals surface area contributed by atoms with Gasteiger partial charge in [-0.2, -0.15) is 0 Å². The van der Waals surface area contributed by atoms with Gasteiger partial charge in [0.15, 0.2) is 5.13 Å². The lowest BCUT2D eigenvalue weighted by Crippen LogP contribution is -2.13. The molecular formula is C13H13BrN2OS2. The molecule has 0 saturated carbocycles. The molecule has 3 nitrogen and oxygen atoms in total. The number of rotatable bonds is 4. The van der Waals surface area contributed by atoms with Crippen LogP contribution < -0.4 is 5.32 Å². The average Bonchev–Trinajstić information content (AvgIpc) is 2.97. The lowest BCUT2D eigenvalue weighted by Gasteiger charge is -2.07. The van der Waals surface area contributed by atoms with Crippen LogP contribution in [-0.2, 0) is 4.79 Å². The molecule has 2 aromatic heterocycles. The van der Waals surface area contributed by atoms with Crippen molar-refractivity contribution in [1.29, 1.82) is 0 Å². The van der Waals surface area contributed by atoms with Gasteiger partial charge in [0, 0.05) is 16.5 Å². The fourth-order valence-corrected chi connectivity index (χ4v) is 3.44. The molecule has 0 atom stereocenters. The number of aromatic nitrogens is 1. The molecule has 0 aliphatic rings. The van der Waals surface area contributed by atoms with Crippen molar-refractivity contribution in [3.63, 3.8) is 0 Å². The minimum atomic E-state index is -0.113. The van der Waals surface area contributed by atoms with Crippen molar-refractivity contribution in [3.8, 4) is 0 Å². The Bertz CT molecular complexity index is 588. The van der Waals surface area contributed by atoms with Crippen LogP contribution in [0.1, 0.15) is 18.7 Å². The van der Waals surface area contributed by atoms with E-state index in [1.54, 1.807) is 17.5 Å². The third-order valence-electron chi connectivity index (χ3n) is 2.24. The molecule has 0 spiro atoms. The number of nitrogens with zero attached hydrogens (tertiary/aromatic N) is 1. The van der Waals surface area contributed by atoms with Crippen LogP contribution in [0.4, 0.5) is 5.13 Å². The van der Waals surface area contributed by atoms with Gasteiger partial charge < -0.3 is 0 Å². The Morgan fingerprint density at radius 1 is 1.47 bits per heavy atom. The number of carbonyl (C=O) groups is 1.